The van der Waals surface area contributed by atoms with Gasteiger partial charge in [0, 0.05) is 11.4 Å². The first kappa shape index (κ1) is 18.9. The number of aromatic nitrogens is 2. The van der Waals surface area contributed by atoms with E-state index in [2.05, 4.69) is 15.3 Å². The van der Waals surface area contributed by atoms with Crippen LogP contribution in [-0.4, -0.2) is 21.1 Å². The van der Waals surface area contributed by atoms with Gasteiger partial charge < -0.3 is 10.1 Å². The lowest BCUT2D eigenvalue weighted by Gasteiger charge is -2.12. The van der Waals surface area contributed by atoms with Gasteiger partial charge in [-0.2, -0.15) is 0 Å². The van der Waals surface area contributed by atoms with E-state index in [1.807, 2.05) is 81.4 Å². The second-order valence-corrected chi connectivity index (χ2v) is 7.44. The summed E-state index contributed by atoms with van der Waals surface area (Å²) in [6.07, 6.45) is 0. The molecule has 3 aromatic rings. The first-order valence-electron chi connectivity index (χ1n) is 8.62. The first-order chi connectivity index (χ1) is 13.0. The molecule has 1 heterocycles. The van der Waals surface area contributed by atoms with Crippen LogP contribution in [0.4, 0.5) is 5.69 Å². The molecule has 3 rings (SSSR count). The normalized spacial score (nSPS) is 11.7. The number of amides is 1. The maximum Gasteiger partial charge on any atom is 0.237 e. The molecule has 1 N–H and O–H groups in total. The first-order valence-corrected chi connectivity index (χ1v) is 9.50. The van der Waals surface area contributed by atoms with E-state index >= 15 is 0 Å². The number of rotatable bonds is 6. The SMILES string of the molecule is Cc1cc(SC(C)C(=O)Nc2ccc(Oc3ccccc3)cc2)nc(C)n1. The fourth-order valence-electron chi connectivity index (χ4n) is 2.45. The van der Waals surface area contributed by atoms with E-state index < -0.39 is 0 Å². The van der Waals surface area contributed by atoms with Gasteiger partial charge in [0.15, 0.2) is 0 Å². The lowest BCUT2D eigenvalue weighted by molar-refractivity contribution is -0.115. The maximum absolute atomic E-state index is 12.5. The van der Waals surface area contributed by atoms with E-state index in [1.165, 1.54) is 11.8 Å². The largest absolute Gasteiger partial charge is 0.457 e. The molecule has 6 heteroatoms. The van der Waals surface area contributed by atoms with Gasteiger partial charge in [0.1, 0.15) is 22.3 Å². The van der Waals surface area contributed by atoms with Crippen LogP contribution >= 0.6 is 11.8 Å². The van der Waals surface area contributed by atoms with Crippen molar-refractivity contribution in [3.05, 3.63) is 72.2 Å². The summed E-state index contributed by atoms with van der Waals surface area (Å²) >= 11 is 1.42. The van der Waals surface area contributed by atoms with Crippen molar-refractivity contribution in [3.8, 4) is 11.5 Å². The Balaban J connectivity index is 1.58. The molecule has 0 spiro atoms. The molecule has 0 fully saturated rings. The lowest BCUT2D eigenvalue weighted by Crippen LogP contribution is -2.22. The molecule has 2 aromatic carbocycles. The Bertz CT molecular complexity index is 894. The highest BCUT2D eigenvalue weighted by atomic mass is 32.2. The number of hydrogen-bond acceptors (Lipinski definition) is 5. The summed E-state index contributed by atoms with van der Waals surface area (Å²) in [5, 5.41) is 3.45. The number of aryl methyl sites for hydroxylation is 2. The molecule has 0 radical (unpaired) electrons. The predicted molar refractivity (Wildman–Crippen MR) is 108 cm³/mol. The minimum absolute atomic E-state index is 0.0781. The minimum atomic E-state index is -0.279. The van der Waals surface area contributed by atoms with E-state index in [-0.39, 0.29) is 11.2 Å². The molecule has 138 valence electrons. The van der Waals surface area contributed by atoms with Gasteiger partial charge in [-0.15, -0.1) is 0 Å². The van der Waals surface area contributed by atoms with Gasteiger partial charge in [0.05, 0.1) is 5.25 Å². The van der Waals surface area contributed by atoms with Crippen LogP contribution in [-0.2, 0) is 4.79 Å². The number of para-hydroxylation sites is 1. The van der Waals surface area contributed by atoms with E-state index in [0.717, 1.165) is 22.2 Å². The quantitative estimate of drug-likeness (QED) is 0.482. The van der Waals surface area contributed by atoms with Crippen LogP contribution in [0.25, 0.3) is 0 Å². The molecule has 1 amide bonds. The Labute approximate surface area is 163 Å². The van der Waals surface area contributed by atoms with Crippen molar-refractivity contribution in [2.24, 2.45) is 0 Å². The number of anilines is 1. The second-order valence-electron chi connectivity index (χ2n) is 6.08. The second kappa shape index (κ2) is 8.68. The molecule has 1 aromatic heterocycles. The van der Waals surface area contributed by atoms with Crippen LogP contribution in [0.15, 0.2) is 65.7 Å². The van der Waals surface area contributed by atoms with Gasteiger partial charge in [-0.25, -0.2) is 9.97 Å². The summed E-state index contributed by atoms with van der Waals surface area (Å²) in [5.41, 5.74) is 1.62. The summed E-state index contributed by atoms with van der Waals surface area (Å²) in [5.74, 6) is 2.12. The summed E-state index contributed by atoms with van der Waals surface area (Å²) in [4.78, 5) is 21.1. The molecular formula is C21H21N3O2S. The topological polar surface area (TPSA) is 64.1 Å². The van der Waals surface area contributed by atoms with E-state index in [9.17, 15) is 4.79 Å². The number of thioether (sulfide) groups is 1. The van der Waals surface area contributed by atoms with Gasteiger partial charge in [-0.3, -0.25) is 4.79 Å². The van der Waals surface area contributed by atoms with Gasteiger partial charge >= 0.3 is 0 Å². The van der Waals surface area contributed by atoms with Crippen molar-refractivity contribution in [1.82, 2.24) is 9.97 Å². The Kier molecular flexibility index (Phi) is 6.08. The van der Waals surface area contributed by atoms with Crippen molar-refractivity contribution < 1.29 is 9.53 Å². The van der Waals surface area contributed by atoms with Gasteiger partial charge in [-0.1, -0.05) is 30.0 Å². The molecular weight excluding hydrogens is 358 g/mol. The highest BCUT2D eigenvalue weighted by molar-refractivity contribution is 8.00. The van der Waals surface area contributed by atoms with Crippen molar-refractivity contribution in [1.29, 1.82) is 0 Å². The van der Waals surface area contributed by atoms with Crippen molar-refractivity contribution >= 4 is 23.4 Å². The lowest BCUT2D eigenvalue weighted by atomic mass is 10.3. The average Bonchev–Trinajstić information content (AvgIpc) is 2.63. The zero-order valence-electron chi connectivity index (χ0n) is 15.5. The summed E-state index contributed by atoms with van der Waals surface area (Å²) in [6, 6.07) is 18.8. The van der Waals surface area contributed by atoms with Crippen LogP contribution < -0.4 is 10.1 Å². The Morgan fingerprint density at radius 2 is 1.67 bits per heavy atom. The van der Waals surface area contributed by atoms with Crippen LogP contribution in [0, 0.1) is 13.8 Å². The van der Waals surface area contributed by atoms with Crippen LogP contribution in [0.2, 0.25) is 0 Å². The molecule has 0 saturated heterocycles. The monoisotopic (exact) mass is 379 g/mol. The molecule has 0 saturated carbocycles. The Morgan fingerprint density at radius 1 is 1.00 bits per heavy atom. The summed E-state index contributed by atoms with van der Waals surface area (Å²) < 4.78 is 5.76. The zero-order chi connectivity index (χ0) is 19.2. The molecule has 5 nitrogen and oxygen atoms in total. The van der Waals surface area contributed by atoms with E-state index in [0.29, 0.717) is 11.6 Å². The molecule has 1 unspecified atom stereocenters. The number of benzene rings is 2. The predicted octanol–water partition coefficient (Wildman–Crippen LogP) is 5.01. The average molecular weight is 379 g/mol. The number of carbonyl (C=O) groups excluding carboxylic acids is 1. The number of hydrogen-bond donors (Lipinski definition) is 1. The molecule has 0 aliphatic carbocycles. The number of carbonyl (C=O) groups is 1. The van der Waals surface area contributed by atoms with Crippen molar-refractivity contribution in [2.45, 2.75) is 31.0 Å². The Morgan fingerprint density at radius 3 is 2.33 bits per heavy atom. The molecule has 27 heavy (non-hydrogen) atoms. The number of ether oxygens (including phenoxy) is 1. The third-order valence-corrected chi connectivity index (χ3v) is 4.73. The highest BCUT2D eigenvalue weighted by Crippen LogP contribution is 2.25. The third-order valence-electron chi connectivity index (χ3n) is 3.71. The summed E-state index contributed by atoms with van der Waals surface area (Å²) in [6.45, 7) is 5.63. The van der Waals surface area contributed by atoms with Crippen LogP contribution in [0.1, 0.15) is 18.4 Å². The molecule has 0 bridgehead atoms. The minimum Gasteiger partial charge on any atom is -0.457 e. The Hall–Kier alpha value is -2.86. The van der Waals surface area contributed by atoms with Gasteiger partial charge in [0.2, 0.25) is 5.91 Å². The number of nitrogens with one attached hydrogen (secondary N) is 1. The number of nitrogens with zero attached hydrogens (tertiary/aromatic N) is 2. The maximum atomic E-state index is 12.5. The van der Waals surface area contributed by atoms with Gasteiger partial charge in [0.25, 0.3) is 0 Å². The van der Waals surface area contributed by atoms with Crippen molar-refractivity contribution in [2.75, 3.05) is 5.32 Å². The highest BCUT2D eigenvalue weighted by Gasteiger charge is 2.16. The molecule has 0 aliphatic heterocycles. The molecule has 0 aliphatic rings. The van der Waals surface area contributed by atoms with Gasteiger partial charge in [-0.05, 0) is 63.2 Å². The van der Waals surface area contributed by atoms with Crippen molar-refractivity contribution in [3.63, 3.8) is 0 Å². The van der Waals surface area contributed by atoms with E-state index in [1.54, 1.807) is 0 Å². The standard InChI is InChI=1S/C21H21N3O2S/c1-14-13-20(23-16(3)22-14)27-15(2)21(25)24-17-9-11-19(12-10-17)26-18-7-5-4-6-8-18/h4-13,15H,1-3H3,(H,24,25). The van der Waals surface area contributed by atoms with E-state index in [4.69, 9.17) is 4.74 Å². The fraction of sp³-hybridized carbons (Fsp3) is 0.190. The smallest absolute Gasteiger partial charge is 0.237 e. The third kappa shape index (κ3) is 5.56. The summed E-state index contributed by atoms with van der Waals surface area (Å²) in [7, 11) is 0. The van der Waals surface area contributed by atoms with Crippen LogP contribution in [0.5, 0.6) is 11.5 Å². The molecule has 1 atom stereocenters. The fourth-order valence-corrected chi connectivity index (χ4v) is 3.40. The zero-order valence-corrected chi connectivity index (χ0v) is 16.3. The van der Waals surface area contributed by atoms with Crippen LogP contribution in [0.3, 0.4) is 0 Å².